The summed E-state index contributed by atoms with van der Waals surface area (Å²) < 4.78 is 32.4. The van der Waals surface area contributed by atoms with Crippen molar-refractivity contribution in [2.24, 2.45) is 11.3 Å². The lowest BCUT2D eigenvalue weighted by atomic mass is 9.60. The molecule has 1 unspecified atom stereocenters. The Morgan fingerprint density at radius 1 is 1.18 bits per heavy atom. The number of esters is 1. The van der Waals surface area contributed by atoms with E-state index in [1.165, 1.54) is 18.1 Å². The molecule has 33 heavy (non-hydrogen) atoms. The highest BCUT2D eigenvalue weighted by Crippen LogP contribution is 2.53. The molecule has 0 N–H and O–H groups in total. The van der Waals surface area contributed by atoms with Crippen molar-refractivity contribution >= 4 is 15.8 Å². The van der Waals surface area contributed by atoms with E-state index in [0.29, 0.717) is 11.3 Å². The zero-order valence-corrected chi connectivity index (χ0v) is 21.5. The van der Waals surface area contributed by atoms with Gasteiger partial charge >= 0.3 is 5.97 Å². The van der Waals surface area contributed by atoms with E-state index < -0.39 is 15.1 Å². The Bertz CT molecular complexity index is 1060. The van der Waals surface area contributed by atoms with Gasteiger partial charge in [-0.1, -0.05) is 54.5 Å². The zero-order valence-electron chi connectivity index (χ0n) is 20.7. The maximum atomic E-state index is 13.4. The summed E-state index contributed by atoms with van der Waals surface area (Å²) in [6.45, 7) is 14.1. The number of carbonyl (C=O) groups excluding carboxylic acids is 1. The highest BCUT2D eigenvalue weighted by atomic mass is 32.2. The molecule has 2 aliphatic carbocycles. The summed E-state index contributed by atoms with van der Waals surface area (Å²) in [5, 5.41) is -0.624. The lowest BCUT2D eigenvalue weighted by molar-refractivity contribution is -0.145. The van der Waals surface area contributed by atoms with Crippen molar-refractivity contribution in [3.63, 3.8) is 0 Å². The number of carbonyl (C=O) groups is 1. The number of fused-ring (bicyclic) bond motifs is 1. The Balaban J connectivity index is 1.84. The van der Waals surface area contributed by atoms with Gasteiger partial charge in [0.05, 0.1) is 10.1 Å². The van der Waals surface area contributed by atoms with Gasteiger partial charge in [-0.15, -0.1) is 0 Å². The fraction of sp³-hybridized carbons (Fsp3) is 0.536. The van der Waals surface area contributed by atoms with E-state index >= 15 is 0 Å². The second-order valence-electron chi connectivity index (χ2n) is 10.3. The van der Waals surface area contributed by atoms with Gasteiger partial charge < -0.3 is 4.74 Å². The quantitative estimate of drug-likeness (QED) is 0.333. The van der Waals surface area contributed by atoms with E-state index in [-0.39, 0.29) is 23.4 Å². The van der Waals surface area contributed by atoms with E-state index in [2.05, 4.69) is 20.4 Å². The van der Waals surface area contributed by atoms with Gasteiger partial charge in [-0.25, -0.2) is 8.42 Å². The van der Waals surface area contributed by atoms with Crippen molar-refractivity contribution < 1.29 is 17.9 Å². The summed E-state index contributed by atoms with van der Waals surface area (Å²) in [4.78, 5) is 11.9. The van der Waals surface area contributed by atoms with Gasteiger partial charge in [0.15, 0.2) is 9.84 Å². The lowest BCUT2D eigenvalue weighted by Gasteiger charge is -2.46. The minimum absolute atomic E-state index is 0.132. The number of hydrogen-bond donors (Lipinski definition) is 0. The molecule has 2 aliphatic rings. The van der Waals surface area contributed by atoms with Crippen molar-refractivity contribution in [2.45, 2.75) is 89.4 Å². The SMILES string of the molecule is C=C(CC(C=C(C)C)S(=O)(=O)c1ccccc1)[C@@H]1CC[C@@]2(C)CC[C@H](OC(C)=O)C(C)=C2C1. The van der Waals surface area contributed by atoms with E-state index in [9.17, 15) is 13.2 Å². The zero-order chi connectivity index (χ0) is 24.4. The van der Waals surface area contributed by atoms with Crippen molar-refractivity contribution in [1.82, 2.24) is 0 Å². The third-order valence-electron chi connectivity index (χ3n) is 7.48. The van der Waals surface area contributed by atoms with Crippen LogP contribution in [0.2, 0.25) is 0 Å². The molecule has 1 aromatic rings. The molecule has 0 amide bonds. The monoisotopic (exact) mass is 470 g/mol. The number of benzene rings is 1. The van der Waals surface area contributed by atoms with E-state index in [4.69, 9.17) is 4.74 Å². The fourth-order valence-electron chi connectivity index (χ4n) is 5.55. The molecule has 0 aromatic heterocycles. The Morgan fingerprint density at radius 2 is 1.82 bits per heavy atom. The van der Waals surface area contributed by atoms with Gasteiger partial charge in [-0.3, -0.25) is 4.79 Å². The highest BCUT2D eigenvalue weighted by molar-refractivity contribution is 7.92. The first-order valence-electron chi connectivity index (χ1n) is 11.9. The van der Waals surface area contributed by atoms with Gasteiger partial charge in [0.1, 0.15) is 6.10 Å². The van der Waals surface area contributed by atoms with Crippen LogP contribution in [0.15, 0.2) is 70.2 Å². The van der Waals surface area contributed by atoms with Crippen LogP contribution in [0.3, 0.4) is 0 Å². The number of ether oxygens (including phenoxy) is 1. The molecular formula is C28H38O4S. The lowest BCUT2D eigenvalue weighted by Crippen LogP contribution is -2.37. The molecule has 0 spiro atoms. The van der Waals surface area contributed by atoms with Crippen LogP contribution >= 0.6 is 0 Å². The van der Waals surface area contributed by atoms with E-state index in [1.54, 1.807) is 24.3 Å². The molecule has 4 nitrogen and oxygen atoms in total. The van der Waals surface area contributed by atoms with Gasteiger partial charge in [0.2, 0.25) is 0 Å². The largest absolute Gasteiger partial charge is 0.458 e. The molecule has 0 saturated heterocycles. The van der Waals surface area contributed by atoms with Crippen molar-refractivity contribution in [3.05, 3.63) is 65.3 Å². The summed E-state index contributed by atoms with van der Waals surface area (Å²) in [6, 6.07) is 8.70. The van der Waals surface area contributed by atoms with Crippen LogP contribution in [-0.4, -0.2) is 25.7 Å². The third kappa shape index (κ3) is 5.68. The first-order chi connectivity index (χ1) is 15.4. The molecule has 180 valence electrons. The second-order valence-corrected chi connectivity index (χ2v) is 12.5. The predicted molar refractivity (Wildman–Crippen MR) is 134 cm³/mol. The number of allylic oxidation sites excluding steroid dienone is 3. The molecule has 0 bridgehead atoms. The fourth-order valence-corrected chi connectivity index (χ4v) is 7.32. The molecule has 5 heteroatoms. The number of rotatable bonds is 7. The van der Waals surface area contributed by atoms with Crippen LogP contribution in [0.1, 0.15) is 73.1 Å². The smallest absolute Gasteiger partial charge is 0.303 e. The topological polar surface area (TPSA) is 60.4 Å². The van der Waals surface area contributed by atoms with Gasteiger partial charge in [-0.05, 0) is 88.3 Å². The van der Waals surface area contributed by atoms with Crippen LogP contribution < -0.4 is 0 Å². The minimum atomic E-state index is -3.51. The normalized spacial score (nSPS) is 26.2. The first kappa shape index (κ1) is 25.5. The summed E-state index contributed by atoms with van der Waals surface area (Å²) in [7, 11) is -3.51. The average Bonchev–Trinajstić information content (AvgIpc) is 2.75. The maximum Gasteiger partial charge on any atom is 0.303 e. The second kappa shape index (κ2) is 10.0. The molecular weight excluding hydrogens is 432 g/mol. The summed E-state index contributed by atoms with van der Waals surface area (Å²) in [5.74, 6) is -0.00542. The molecule has 0 heterocycles. The maximum absolute atomic E-state index is 13.4. The Labute approximate surface area is 199 Å². The highest BCUT2D eigenvalue weighted by Gasteiger charge is 2.42. The minimum Gasteiger partial charge on any atom is -0.458 e. The van der Waals surface area contributed by atoms with Gasteiger partial charge in [0, 0.05) is 6.92 Å². The first-order valence-corrected chi connectivity index (χ1v) is 13.5. The van der Waals surface area contributed by atoms with Crippen LogP contribution in [0.5, 0.6) is 0 Å². The Kier molecular flexibility index (Phi) is 7.73. The molecule has 1 saturated carbocycles. The molecule has 0 aliphatic heterocycles. The molecule has 4 atom stereocenters. The predicted octanol–water partition coefficient (Wildman–Crippen LogP) is 6.59. The van der Waals surface area contributed by atoms with Gasteiger partial charge in [-0.2, -0.15) is 0 Å². The van der Waals surface area contributed by atoms with Crippen LogP contribution in [0, 0.1) is 11.3 Å². The summed E-state index contributed by atoms with van der Waals surface area (Å²) >= 11 is 0. The molecule has 3 rings (SSSR count). The Morgan fingerprint density at radius 3 is 2.42 bits per heavy atom. The number of sulfone groups is 1. The van der Waals surface area contributed by atoms with Gasteiger partial charge in [0.25, 0.3) is 0 Å². The molecule has 1 fully saturated rings. The van der Waals surface area contributed by atoms with Crippen molar-refractivity contribution in [1.29, 1.82) is 0 Å². The summed E-state index contributed by atoms with van der Waals surface area (Å²) in [6.07, 6.45) is 6.95. The molecule has 0 radical (unpaired) electrons. The molecule has 1 aromatic carbocycles. The third-order valence-corrected chi connectivity index (χ3v) is 9.51. The van der Waals surface area contributed by atoms with Crippen LogP contribution in [0.25, 0.3) is 0 Å². The van der Waals surface area contributed by atoms with E-state index in [1.807, 2.05) is 26.0 Å². The standard InChI is InChI=1S/C28H38O4S/c1-19(2)16-25(33(30,31)24-10-8-7-9-11-24)17-20(3)23-12-14-28(6)15-13-27(32-22(5)29)21(4)26(28)18-23/h7-11,16,23,25,27H,3,12-15,17-18H2,1-2,4-6H3/t23-,25?,27+,28+/m1/s1. The van der Waals surface area contributed by atoms with Crippen molar-refractivity contribution in [3.8, 4) is 0 Å². The summed E-state index contributed by atoms with van der Waals surface area (Å²) in [5.41, 5.74) is 4.66. The Hall–Kier alpha value is -2.14. The van der Waals surface area contributed by atoms with Crippen LogP contribution in [0.4, 0.5) is 0 Å². The van der Waals surface area contributed by atoms with E-state index in [0.717, 1.165) is 43.3 Å². The van der Waals surface area contributed by atoms with Crippen molar-refractivity contribution in [2.75, 3.05) is 0 Å². The number of hydrogen-bond acceptors (Lipinski definition) is 4. The van der Waals surface area contributed by atoms with Crippen LogP contribution in [-0.2, 0) is 19.4 Å². The average molecular weight is 471 g/mol.